The number of carbonyl (C=O) groups excluding carboxylic acids is 1. The lowest BCUT2D eigenvalue weighted by molar-refractivity contribution is 0.0945. The van der Waals surface area contributed by atoms with Crippen molar-refractivity contribution in [3.63, 3.8) is 0 Å². The van der Waals surface area contributed by atoms with E-state index in [0.717, 1.165) is 18.5 Å². The first-order valence-electron chi connectivity index (χ1n) is 8.82. The number of likely N-dealkylation sites (tertiary alicyclic amines) is 1. The lowest BCUT2D eigenvalue weighted by Crippen LogP contribution is -2.27. The number of rotatable bonds is 7. The van der Waals surface area contributed by atoms with Crippen LogP contribution in [0.3, 0.4) is 0 Å². The van der Waals surface area contributed by atoms with Crippen LogP contribution in [0, 0.1) is 5.92 Å². The molecule has 7 heteroatoms. The molecule has 1 fully saturated rings. The summed E-state index contributed by atoms with van der Waals surface area (Å²) in [5.41, 5.74) is 1.59. The van der Waals surface area contributed by atoms with Crippen molar-refractivity contribution >= 4 is 29.0 Å². The maximum absolute atomic E-state index is 12.8. The zero-order valence-electron chi connectivity index (χ0n) is 16.1. The first kappa shape index (κ1) is 20.8. The molecule has 1 aliphatic rings. The minimum atomic E-state index is -0.00496. The Labute approximate surface area is 175 Å². The molecular weight excluding hydrogens is 401 g/mol. The fourth-order valence-electron chi connectivity index (χ4n) is 3.34. The zero-order chi connectivity index (χ0) is 20.3. The maximum atomic E-state index is 12.8. The van der Waals surface area contributed by atoms with Crippen LogP contribution in [0.2, 0.25) is 10.0 Å². The molecule has 28 heavy (non-hydrogen) atoms. The van der Waals surface area contributed by atoms with Crippen molar-refractivity contribution in [3.8, 4) is 17.2 Å². The van der Waals surface area contributed by atoms with Gasteiger partial charge in [-0.15, -0.1) is 0 Å². The molecule has 5 nitrogen and oxygen atoms in total. The third kappa shape index (κ3) is 4.37. The molecule has 1 heterocycles. The zero-order valence-corrected chi connectivity index (χ0v) is 17.6. The van der Waals surface area contributed by atoms with Gasteiger partial charge in [0.05, 0.1) is 37.9 Å². The molecule has 0 amide bonds. The summed E-state index contributed by atoms with van der Waals surface area (Å²) in [5.74, 6) is 2.65. The fourth-order valence-corrected chi connectivity index (χ4v) is 3.64. The molecular formula is C21H22Cl2NO4. The van der Waals surface area contributed by atoms with Gasteiger partial charge in [-0.2, -0.15) is 0 Å². The highest BCUT2D eigenvalue weighted by Crippen LogP contribution is 2.38. The largest absolute Gasteiger partial charge is 0.493 e. The van der Waals surface area contributed by atoms with Crippen molar-refractivity contribution in [2.24, 2.45) is 0 Å². The van der Waals surface area contributed by atoms with Crippen LogP contribution in [0.4, 0.5) is 0 Å². The Morgan fingerprint density at radius 2 is 1.68 bits per heavy atom. The maximum Gasteiger partial charge on any atom is 0.203 e. The summed E-state index contributed by atoms with van der Waals surface area (Å²) in [6.07, 6.45) is 0.889. The van der Waals surface area contributed by atoms with E-state index in [4.69, 9.17) is 37.4 Å². The number of halogens is 2. The first-order chi connectivity index (χ1) is 13.5. The van der Waals surface area contributed by atoms with Gasteiger partial charge in [0.15, 0.2) is 17.3 Å². The molecule has 0 aliphatic carbocycles. The van der Waals surface area contributed by atoms with E-state index in [1.165, 1.54) is 27.2 Å². The second-order valence-corrected chi connectivity index (χ2v) is 7.34. The van der Waals surface area contributed by atoms with E-state index in [0.29, 0.717) is 45.9 Å². The summed E-state index contributed by atoms with van der Waals surface area (Å²) in [6, 6.07) is 9.01. The van der Waals surface area contributed by atoms with Crippen molar-refractivity contribution in [1.82, 2.24) is 4.90 Å². The van der Waals surface area contributed by atoms with E-state index in [1.54, 1.807) is 18.2 Å². The van der Waals surface area contributed by atoms with Crippen LogP contribution < -0.4 is 14.2 Å². The Balaban J connectivity index is 1.71. The van der Waals surface area contributed by atoms with E-state index in [-0.39, 0.29) is 5.78 Å². The summed E-state index contributed by atoms with van der Waals surface area (Å²) >= 11 is 12.1. The minimum Gasteiger partial charge on any atom is -0.493 e. The van der Waals surface area contributed by atoms with Gasteiger partial charge in [-0.1, -0.05) is 29.3 Å². The van der Waals surface area contributed by atoms with Crippen molar-refractivity contribution in [1.29, 1.82) is 0 Å². The highest BCUT2D eigenvalue weighted by atomic mass is 35.5. The lowest BCUT2D eigenvalue weighted by atomic mass is 9.99. The number of carbonyl (C=O) groups is 1. The minimum absolute atomic E-state index is 0.00496. The molecule has 1 aliphatic heterocycles. The molecule has 0 atom stereocenters. The Kier molecular flexibility index (Phi) is 6.70. The van der Waals surface area contributed by atoms with Gasteiger partial charge >= 0.3 is 0 Å². The standard InChI is InChI=1S/C21H22Cl2NO4/c1-26-19-9-15(10-20(27-2)21(19)28-3)18(25)12-24-7-6-14(11-24)13-4-5-16(22)17(23)8-13/h4-5,8-10H,6-7,11-12H2,1-3H3. The number of hydrogen-bond acceptors (Lipinski definition) is 5. The van der Waals surface area contributed by atoms with Crippen molar-refractivity contribution < 1.29 is 19.0 Å². The lowest BCUT2D eigenvalue weighted by Gasteiger charge is -2.17. The number of benzene rings is 2. The fraction of sp³-hybridized carbons (Fsp3) is 0.333. The molecule has 149 valence electrons. The quantitative estimate of drug-likeness (QED) is 0.613. The van der Waals surface area contributed by atoms with Crippen LogP contribution >= 0.6 is 23.2 Å². The summed E-state index contributed by atoms with van der Waals surface area (Å²) in [6.45, 7) is 1.84. The summed E-state index contributed by atoms with van der Waals surface area (Å²) < 4.78 is 16.0. The molecule has 0 spiro atoms. The highest BCUT2D eigenvalue weighted by Gasteiger charge is 2.27. The van der Waals surface area contributed by atoms with Crippen LogP contribution in [0.15, 0.2) is 30.3 Å². The number of hydrogen-bond donors (Lipinski definition) is 0. The van der Waals surface area contributed by atoms with Crippen LogP contribution in [0.1, 0.15) is 22.3 Å². The average molecular weight is 423 g/mol. The topological polar surface area (TPSA) is 48.0 Å². The van der Waals surface area contributed by atoms with E-state index in [2.05, 4.69) is 4.90 Å². The second kappa shape index (κ2) is 9.03. The molecule has 2 aromatic carbocycles. The van der Waals surface area contributed by atoms with Gasteiger partial charge in [-0.05, 0) is 42.8 Å². The van der Waals surface area contributed by atoms with Crippen LogP contribution in [0.5, 0.6) is 17.2 Å². The van der Waals surface area contributed by atoms with Crippen molar-refractivity contribution in [2.45, 2.75) is 6.42 Å². The number of methoxy groups -OCH3 is 3. The Morgan fingerprint density at radius 3 is 2.25 bits per heavy atom. The predicted molar refractivity (Wildman–Crippen MR) is 110 cm³/mol. The van der Waals surface area contributed by atoms with Crippen LogP contribution in [-0.4, -0.2) is 51.6 Å². The van der Waals surface area contributed by atoms with Crippen LogP contribution in [-0.2, 0) is 0 Å². The Morgan fingerprint density at radius 1 is 1.00 bits per heavy atom. The normalized spacial score (nSPS) is 14.9. The highest BCUT2D eigenvalue weighted by molar-refractivity contribution is 6.42. The van der Waals surface area contributed by atoms with Crippen LogP contribution in [0.25, 0.3) is 0 Å². The molecule has 0 unspecified atom stereocenters. The Bertz CT molecular complexity index is 846. The van der Waals surface area contributed by atoms with Gasteiger partial charge in [-0.3, -0.25) is 9.69 Å². The third-order valence-corrected chi connectivity index (χ3v) is 5.57. The monoisotopic (exact) mass is 422 g/mol. The van der Waals surface area contributed by atoms with Gasteiger partial charge in [-0.25, -0.2) is 0 Å². The average Bonchev–Trinajstić information content (AvgIpc) is 3.17. The number of Topliss-reactive ketones (excluding diaryl/α,β-unsaturated/α-hetero) is 1. The second-order valence-electron chi connectivity index (χ2n) is 6.53. The molecule has 0 N–H and O–H groups in total. The van der Waals surface area contributed by atoms with E-state index >= 15 is 0 Å². The van der Waals surface area contributed by atoms with Gasteiger partial charge in [0.25, 0.3) is 0 Å². The molecule has 0 bridgehead atoms. The van der Waals surface area contributed by atoms with E-state index in [1.807, 2.05) is 12.1 Å². The summed E-state index contributed by atoms with van der Waals surface area (Å²) in [5, 5.41) is 1.08. The summed E-state index contributed by atoms with van der Waals surface area (Å²) in [4.78, 5) is 15.0. The van der Waals surface area contributed by atoms with Gasteiger partial charge < -0.3 is 14.2 Å². The summed E-state index contributed by atoms with van der Waals surface area (Å²) in [7, 11) is 4.60. The number of ketones is 1. The predicted octanol–water partition coefficient (Wildman–Crippen LogP) is 4.53. The Hall–Kier alpha value is -1.95. The number of ether oxygens (including phenoxy) is 3. The SMILES string of the molecule is COc1cc(C(=O)CN2CC[C](c3ccc(Cl)c(Cl)c3)C2)cc(OC)c1OC. The molecule has 3 rings (SSSR count). The molecule has 1 saturated heterocycles. The first-order valence-corrected chi connectivity index (χ1v) is 9.58. The van der Waals surface area contributed by atoms with Gasteiger partial charge in [0.2, 0.25) is 5.75 Å². The molecule has 2 aromatic rings. The van der Waals surface area contributed by atoms with E-state index < -0.39 is 0 Å². The van der Waals surface area contributed by atoms with E-state index in [9.17, 15) is 4.79 Å². The number of nitrogens with zero attached hydrogens (tertiary/aromatic N) is 1. The van der Waals surface area contributed by atoms with Gasteiger partial charge in [0.1, 0.15) is 0 Å². The third-order valence-electron chi connectivity index (χ3n) is 4.83. The van der Waals surface area contributed by atoms with Crippen molar-refractivity contribution in [3.05, 3.63) is 57.4 Å². The molecule has 0 saturated carbocycles. The molecule has 0 aromatic heterocycles. The molecule has 1 radical (unpaired) electrons. The van der Waals surface area contributed by atoms with Crippen molar-refractivity contribution in [2.75, 3.05) is 41.0 Å². The van der Waals surface area contributed by atoms with Gasteiger partial charge in [0, 0.05) is 18.0 Å². The smallest absolute Gasteiger partial charge is 0.203 e.